The van der Waals surface area contributed by atoms with Gasteiger partial charge in [0.15, 0.2) is 0 Å². The summed E-state index contributed by atoms with van der Waals surface area (Å²) in [7, 11) is 0. The molecule has 0 nitrogen and oxygen atoms in total. The molecule has 0 N–H and O–H groups in total. The van der Waals surface area contributed by atoms with Gasteiger partial charge in [0, 0.05) is 9.50 Å². The van der Waals surface area contributed by atoms with Crippen molar-refractivity contribution in [2.75, 3.05) is 0 Å². The summed E-state index contributed by atoms with van der Waals surface area (Å²) in [4.78, 5) is 0. The molecule has 1 aromatic carbocycles. The molecule has 0 radical (unpaired) electrons. The van der Waals surface area contributed by atoms with E-state index in [1.165, 1.54) is 18.4 Å². The van der Waals surface area contributed by atoms with E-state index in [1.807, 2.05) is 12.1 Å². The maximum Gasteiger partial charge on any atom is 0.0444 e. The van der Waals surface area contributed by atoms with Gasteiger partial charge in [-0.1, -0.05) is 34.5 Å². The van der Waals surface area contributed by atoms with Crippen LogP contribution >= 0.6 is 27.5 Å². The minimum Gasteiger partial charge on any atom is -0.0840 e. The van der Waals surface area contributed by atoms with Gasteiger partial charge in [0.1, 0.15) is 0 Å². The molecule has 0 bridgehead atoms. The van der Waals surface area contributed by atoms with Crippen molar-refractivity contribution < 1.29 is 0 Å². The first kappa shape index (κ1) is 8.58. The quantitative estimate of drug-likeness (QED) is 0.697. The zero-order valence-corrected chi connectivity index (χ0v) is 9.24. The van der Waals surface area contributed by atoms with E-state index in [2.05, 4.69) is 28.9 Å². The molecule has 0 spiro atoms. The number of benzene rings is 1. The number of halogens is 2. The predicted molar refractivity (Wildman–Crippen MR) is 55.7 cm³/mol. The van der Waals surface area contributed by atoms with Gasteiger partial charge in [0.2, 0.25) is 0 Å². The summed E-state index contributed by atoms with van der Waals surface area (Å²) < 4.78 is 1.12. The zero-order valence-electron chi connectivity index (χ0n) is 6.90. The van der Waals surface area contributed by atoms with Crippen LogP contribution in [0.1, 0.15) is 25.3 Å². The standard InChI is InChI=1S/C10H10BrCl/c1-10(4-5-10)8-6-7(11)2-3-9(8)12/h2-3,6H,4-5H2,1H3. The lowest BCUT2D eigenvalue weighted by molar-refractivity contribution is 0.787. The molecule has 1 fully saturated rings. The second-order valence-electron chi connectivity index (χ2n) is 3.68. The summed E-state index contributed by atoms with van der Waals surface area (Å²) in [6, 6.07) is 6.08. The van der Waals surface area contributed by atoms with Crippen LogP contribution in [0.2, 0.25) is 5.02 Å². The van der Waals surface area contributed by atoms with E-state index in [0.29, 0.717) is 5.41 Å². The Morgan fingerprint density at radius 3 is 2.67 bits per heavy atom. The van der Waals surface area contributed by atoms with Gasteiger partial charge in [-0.25, -0.2) is 0 Å². The molecule has 0 amide bonds. The van der Waals surface area contributed by atoms with Crippen LogP contribution in [-0.2, 0) is 5.41 Å². The monoisotopic (exact) mass is 244 g/mol. The maximum atomic E-state index is 6.10. The number of rotatable bonds is 1. The summed E-state index contributed by atoms with van der Waals surface area (Å²) in [5, 5.41) is 0.901. The summed E-state index contributed by atoms with van der Waals surface area (Å²) in [6.07, 6.45) is 2.53. The predicted octanol–water partition coefficient (Wildman–Crippen LogP) is 4.15. The van der Waals surface area contributed by atoms with Gasteiger partial charge >= 0.3 is 0 Å². The third kappa shape index (κ3) is 1.40. The van der Waals surface area contributed by atoms with Crippen LogP contribution in [0.4, 0.5) is 0 Å². The fraction of sp³-hybridized carbons (Fsp3) is 0.400. The molecule has 0 unspecified atom stereocenters. The van der Waals surface area contributed by atoms with E-state index >= 15 is 0 Å². The van der Waals surface area contributed by atoms with Crippen LogP contribution in [0.25, 0.3) is 0 Å². The molecular weight excluding hydrogens is 235 g/mol. The highest BCUT2D eigenvalue weighted by Crippen LogP contribution is 2.50. The van der Waals surface area contributed by atoms with Crippen LogP contribution in [-0.4, -0.2) is 0 Å². The zero-order chi connectivity index (χ0) is 8.77. The molecule has 1 saturated carbocycles. The fourth-order valence-electron chi connectivity index (χ4n) is 1.42. The van der Waals surface area contributed by atoms with Crippen molar-refractivity contribution in [1.82, 2.24) is 0 Å². The molecule has 1 aromatic rings. The molecule has 2 rings (SSSR count). The van der Waals surface area contributed by atoms with Gasteiger partial charge in [-0.3, -0.25) is 0 Å². The van der Waals surface area contributed by atoms with E-state index in [1.54, 1.807) is 0 Å². The molecule has 2 heteroatoms. The highest BCUT2D eigenvalue weighted by Gasteiger charge is 2.40. The van der Waals surface area contributed by atoms with Crippen LogP contribution in [0, 0.1) is 0 Å². The van der Waals surface area contributed by atoms with Crippen molar-refractivity contribution in [3.63, 3.8) is 0 Å². The second-order valence-corrected chi connectivity index (χ2v) is 5.01. The molecule has 0 atom stereocenters. The molecule has 1 aliphatic rings. The van der Waals surface area contributed by atoms with E-state index < -0.39 is 0 Å². The lowest BCUT2D eigenvalue weighted by atomic mass is 9.99. The van der Waals surface area contributed by atoms with E-state index in [9.17, 15) is 0 Å². The minimum absolute atomic E-state index is 0.362. The smallest absolute Gasteiger partial charge is 0.0444 e. The summed E-state index contributed by atoms with van der Waals surface area (Å²) >= 11 is 9.56. The Bertz CT molecular complexity index is 316. The SMILES string of the molecule is CC1(c2cc(Br)ccc2Cl)CC1. The minimum atomic E-state index is 0.362. The summed E-state index contributed by atoms with van der Waals surface area (Å²) in [5.74, 6) is 0. The Balaban J connectivity index is 2.48. The first-order valence-electron chi connectivity index (χ1n) is 4.07. The van der Waals surface area contributed by atoms with Gasteiger partial charge in [0.25, 0.3) is 0 Å². The number of hydrogen-bond donors (Lipinski definition) is 0. The Labute approximate surface area is 86.1 Å². The van der Waals surface area contributed by atoms with Crippen molar-refractivity contribution in [3.8, 4) is 0 Å². The van der Waals surface area contributed by atoms with Gasteiger partial charge in [-0.15, -0.1) is 0 Å². The van der Waals surface area contributed by atoms with Crippen molar-refractivity contribution in [2.24, 2.45) is 0 Å². The van der Waals surface area contributed by atoms with Gasteiger partial charge in [-0.2, -0.15) is 0 Å². The lowest BCUT2D eigenvalue weighted by Gasteiger charge is -2.10. The van der Waals surface area contributed by atoms with Crippen LogP contribution in [0.15, 0.2) is 22.7 Å². The van der Waals surface area contributed by atoms with E-state index in [-0.39, 0.29) is 0 Å². The molecule has 0 aliphatic heterocycles. The molecule has 0 aromatic heterocycles. The average Bonchev–Trinajstić information content (AvgIpc) is 2.75. The van der Waals surface area contributed by atoms with Crippen molar-refractivity contribution in [3.05, 3.63) is 33.3 Å². The summed E-state index contributed by atoms with van der Waals surface area (Å²) in [5.41, 5.74) is 1.65. The summed E-state index contributed by atoms with van der Waals surface area (Å²) in [6.45, 7) is 2.26. The first-order valence-corrected chi connectivity index (χ1v) is 5.24. The highest BCUT2D eigenvalue weighted by molar-refractivity contribution is 9.10. The van der Waals surface area contributed by atoms with Crippen LogP contribution in [0.3, 0.4) is 0 Å². The average molecular weight is 246 g/mol. The normalized spacial score (nSPS) is 19.2. The Morgan fingerprint density at radius 1 is 1.42 bits per heavy atom. The van der Waals surface area contributed by atoms with E-state index in [4.69, 9.17) is 11.6 Å². The Morgan fingerprint density at radius 2 is 2.08 bits per heavy atom. The Kier molecular flexibility index (Phi) is 1.96. The Hall–Kier alpha value is -0.0100. The van der Waals surface area contributed by atoms with Crippen LogP contribution < -0.4 is 0 Å². The molecule has 12 heavy (non-hydrogen) atoms. The molecule has 1 aliphatic carbocycles. The van der Waals surface area contributed by atoms with Crippen LogP contribution in [0.5, 0.6) is 0 Å². The topological polar surface area (TPSA) is 0 Å². The molecular formula is C10H10BrCl. The van der Waals surface area contributed by atoms with Gasteiger partial charge in [-0.05, 0) is 42.0 Å². The first-order chi connectivity index (χ1) is 5.62. The largest absolute Gasteiger partial charge is 0.0840 e. The van der Waals surface area contributed by atoms with Gasteiger partial charge in [0.05, 0.1) is 0 Å². The van der Waals surface area contributed by atoms with Crippen molar-refractivity contribution >= 4 is 27.5 Å². The highest BCUT2D eigenvalue weighted by atomic mass is 79.9. The second kappa shape index (κ2) is 2.74. The molecule has 64 valence electrons. The van der Waals surface area contributed by atoms with Crippen molar-refractivity contribution in [1.29, 1.82) is 0 Å². The van der Waals surface area contributed by atoms with Gasteiger partial charge < -0.3 is 0 Å². The third-order valence-corrected chi connectivity index (χ3v) is 3.40. The molecule has 0 saturated heterocycles. The van der Waals surface area contributed by atoms with E-state index in [0.717, 1.165) is 9.50 Å². The van der Waals surface area contributed by atoms with Crippen molar-refractivity contribution in [2.45, 2.75) is 25.2 Å². The number of hydrogen-bond acceptors (Lipinski definition) is 0. The third-order valence-electron chi connectivity index (χ3n) is 2.58. The molecule has 0 heterocycles. The maximum absolute atomic E-state index is 6.10. The lowest BCUT2D eigenvalue weighted by Crippen LogP contribution is -2.00. The fourth-order valence-corrected chi connectivity index (χ4v) is 2.12.